The number of rotatable bonds is 4. The summed E-state index contributed by atoms with van der Waals surface area (Å²) in [4.78, 5) is 26.6. The quantitative estimate of drug-likeness (QED) is 0.811. The number of aliphatic hydroxyl groups is 1. The van der Waals surface area contributed by atoms with E-state index in [4.69, 9.17) is 0 Å². The minimum atomic E-state index is -1.22. The average Bonchev–Trinajstić information content (AvgIpc) is 2.93. The Hall–Kier alpha value is -1.88. The lowest BCUT2D eigenvalue weighted by molar-refractivity contribution is -0.167. The molecule has 0 bridgehead atoms. The van der Waals surface area contributed by atoms with Crippen molar-refractivity contribution in [1.82, 2.24) is 4.90 Å². The number of carbonyl (C=O) groups is 2. The van der Waals surface area contributed by atoms with Crippen molar-refractivity contribution in [3.05, 3.63) is 35.9 Å². The number of carboxylic acids is 1. The number of amides is 1. The summed E-state index contributed by atoms with van der Waals surface area (Å²) in [7, 11) is 0. The fourth-order valence-electron chi connectivity index (χ4n) is 4.45. The van der Waals surface area contributed by atoms with Crippen molar-refractivity contribution in [3.8, 4) is 0 Å². The van der Waals surface area contributed by atoms with E-state index < -0.39 is 17.5 Å². The predicted molar refractivity (Wildman–Crippen MR) is 98.6 cm³/mol. The van der Waals surface area contributed by atoms with Gasteiger partial charge in [0.1, 0.15) is 5.41 Å². The molecule has 0 spiro atoms. The molecule has 1 aliphatic carbocycles. The van der Waals surface area contributed by atoms with Crippen LogP contribution in [0.3, 0.4) is 0 Å². The van der Waals surface area contributed by atoms with Gasteiger partial charge in [-0.05, 0) is 31.2 Å². The maximum absolute atomic E-state index is 12.9. The van der Waals surface area contributed by atoms with Crippen LogP contribution < -0.4 is 0 Å². The molecule has 2 aliphatic rings. The molecule has 1 heterocycles. The zero-order valence-corrected chi connectivity index (χ0v) is 15.3. The lowest BCUT2D eigenvalue weighted by Crippen LogP contribution is -2.57. The van der Waals surface area contributed by atoms with Crippen LogP contribution in [-0.2, 0) is 16.0 Å². The third kappa shape index (κ3) is 3.93. The highest BCUT2D eigenvalue weighted by Gasteiger charge is 2.49. The average molecular weight is 359 g/mol. The van der Waals surface area contributed by atoms with E-state index in [-0.39, 0.29) is 31.2 Å². The zero-order valence-electron chi connectivity index (χ0n) is 15.3. The Labute approximate surface area is 155 Å². The van der Waals surface area contributed by atoms with E-state index in [1.165, 1.54) is 12.8 Å². The number of piperidine rings is 1. The highest BCUT2D eigenvalue weighted by molar-refractivity contribution is 5.80. The molecule has 26 heavy (non-hydrogen) atoms. The van der Waals surface area contributed by atoms with Crippen molar-refractivity contribution in [2.75, 3.05) is 13.1 Å². The molecule has 2 fully saturated rings. The van der Waals surface area contributed by atoms with Crippen LogP contribution in [0.2, 0.25) is 0 Å². The first-order chi connectivity index (χ1) is 12.5. The molecule has 1 aromatic carbocycles. The summed E-state index contributed by atoms with van der Waals surface area (Å²) >= 11 is 0. The number of aliphatic carboxylic acids is 1. The van der Waals surface area contributed by atoms with Crippen LogP contribution in [0, 0.1) is 11.3 Å². The van der Waals surface area contributed by atoms with Gasteiger partial charge in [0.15, 0.2) is 0 Å². The smallest absolute Gasteiger partial charge is 0.312 e. The first-order valence-corrected chi connectivity index (χ1v) is 9.77. The van der Waals surface area contributed by atoms with Crippen LogP contribution in [0.4, 0.5) is 0 Å². The molecular formula is C21H29NO4. The summed E-state index contributed by atoms with van der Waals surface area (Å²) < 4.78 is 0. The van der Waals surface area contributed by atoms with Crippen molar-refractivity contribution in [1.29, 1.82) is 0 Å². The van der Waals surface area contributed by atoms with E-state index in [2.05, 4.69) is 0 Å². The predicted octanol–water partition coefficient (Wildman–Crippen LogP) is 2.86. The van der Waals surface area contributed by atoms with Crippen LogP contribution in [0.15, 0.2) is 30.3 Å². The van der Waals surface area contributed by atoms with Gasteiger partial charge in [0.2, 0.25) is 5.91 Å². The van der Waals surface area contributed by atoms with Gasteiger partial charge in [-0.1, -0.05) is 56.0 Å². The molecule has 0 aromatic heterocycles. The number of benzene rings is 1. The Kier molecular flexibility index (Phi) is 5.97. The molecule has 1 amide bonds. The minimum Gasteiger partial charge on any atom is -0.481 e. The zero-order chi connectivity index (χ0) is 18.6. The SMILES string of the molecule is O=C(C1CCCCCC1)N1CC[C@](Cc2ccccc2)(C(=O)O)[C@H](O)C1. The molecule has 1 saturated carbocycles. The summed E-state index contributed by atoms with van der Waals surface area (Å²) in [5, 5.41) is 20.6. The molecule has 5 nitrogen and oxygen atoms in total. The minimum absolute atomic E-state index is 0.0381. The summed E-state index contributed by atoms with van der Waals surface area (Å²) in [6.07, 6.45) is 5.89. The molecule has 3 rings (SSSR count). The van der Waals surface area contributed by atoms with Crippen molar-refractivity contribution in [3.63, 3.8) is 0 Å². The second-order valence-corrected chi connectivity index (χ2v) is 7.86. The fraction of sp³-hybridized carbons (Fsp3) is 0.619. The van der Waals surface area contributed by atoms with Gasteiger partial charge in [-0.3, -0.25) is 9.59 Å². The number of carbonyl (C=O) groups excluding carboxylic acids is 1. The highest BCUT2D eigenvalue weighted by Crippen LogP contribution is 2.37. The van der Waals surface area contributed by atoms with Crippen LogP contribution >= 0.6 is 0 Å². The van der Waals surface area contributed by atoms with E-state index in [9.17, 15) is 19.8 Å². The first kappa shape index (κ1) is 18.9. The molecular weight excluding hydrogens is 330 g/mol. The summed E-state index contributed by atoms with van der Waals surface area (Å²) in [5.74, 6) is -0.837. The summed E-state index contributed by atoms with van der Waals surface area (Å²) in [6.45, 7) is 0.528. The molecule has 5 heteroatoms. The number of β-amino-alcohol motifs (C(OH)–C–C–N with tert-alkyl or cyclic N) is 1. The maximum atomic E-state index is 12.9. The number of hydrogen-bond donors (Lipinski definition) is 2. The Morgan fingerprint density at radius 1 is 1.08 bits per heavy atom. The first-order valence-electron chi connectivity index (χ1n) is 9.77. The number of aliphatic hydroxyl groups excluding tert-OH is 1. The van der Waals surface area contributed by atoms with Crippen molar-refractivity contribution >= 4 is 11.9 Å². The summed E-state index contributed by atoms with van der Waals surface area (Å²) in [6, 6.07) is 9.42. The van der Waals surface area contributed by atoms with Crippen molar-refractivity contribution < 1.29 is 19.8 Å². The van der Waals surface area contributed by atoms with Crippen LogP contribution in [-0.4, -0.2) is 46.2 Å². The largest absolute Gasteiger partial charge is 0.481 e. The van der Waals surface area contributed by atoms with Gasteiger partial charge in [-0.25, -0.2) is 0 Å². The van der Waals surface area contributed by atoms with Crippen LogP contribution in [0.25, 0.3) is 0 Å². The van der Waals surface area contributed by atoms with E-state index in [1.54, 1.807) is 4.90 Å². The molecule has 1 aromatic rings. The Bertz CT molecular complexity index is 624. The second-order valence-electron chi connectivity index (χ2n) is 7.86. The molecule has 2 atom stereocenters. The van der Waals surface area contributed by atoms with E-state index in [0.29, 0.717) is 6.54 Å². The van der Waals surface area contributed by atoms with Crippen molar-refractivity contribution in [2.24, 2.45) is 11.3 Å². The van der Waals surface area contributed by atoms with Gasteiger partial charge in [-0.2, -0.15) is 0 Å². The molecule has 2 N–H and O–H groups in total. The lowest BCUT2D eigenvalue weighted by Gasteiger charge is -2.43. The van der Waals surface area contributed by atoms with E-state index >= 15 is 0 Å². The fourth-order valence-corrected chi connectivity index (χ4v) is 4.45. The Morgan fingerprint density at radius 2 is 1.73 bits per heavy atom. The topological polar surface area (TPSA) is 77.8 Å². The summed E-state index contributed by atoms with van der Waals surface area (Å²) in [5.41, 5.74) is -0.320. The molecule has 142 valence electrons. The molecule has 0 radical (unpaired) electrons. The molecule has 1 aliphatic heterocycles. The van der Waals surface area contributed by atoms with Gasteiger partial charge >= 0.3 is 5.97 Å². The second kappa shape index (κ2) is 8.21. The van der Waals surface area contributed by atoms with Gasteiger partial charge in [0.05, 0.1) is 6.10 Å². The number of hydrogen-bond acceptors (Lipinski definition) is 3. The Morgan fingerprint density at radius 3 is 2.31 bits per heavy atom. The third-order valence-corrected chi connectivity index (χ3v) is 6.16. The monoisotopic (exact) mass is 359 g/mol. The van der Waals surface area contributed by atoms with Gasteiger partial charge in [0, 0.05) is 19.0 Å². The maximum Gasteiger partial charge on any atom is 0.312 e. The van der Waals surface area contributed by atoms with Crippen LogP contribution in [0.5, 0.6) is 0 Å². The standard InChI is InChI=1S/C21H29NO4/c23-18-15-22(19(24)17-10-6-1-2-7-11-17)13-12-21(18,20(25)26)14-16-8-4-3-5-9-16/h3-5,8-9,17-18,23H,1-2,6-7,10-15H2,(H,25,26)/t18-,21-/m1/s1. The van der Waals surface area contributed by atoms with Gasteiger partial charge in [-0.15, -0.1) is 0 Å². The number of nitrogens with zero attached hydrogens (tertiary/aromatic N) is 1. The van der Waals surface area contributed by atoms with Crippen LogP contribution in [0.1, 0.15) is 50.5 Å². The Balaban J connectivity index is 1.70. The lowest BCUT2D eigenvalue weighted by atomic mass is 9.71. The number of carboxylic acid groups (broad SMARTS) is 1. The van der Waals surface area contributed by atoms with Crippen molar-refractivity contribution in [2.45, 2.75) is 57.5 Å². The third-order valence-electron chi connectivity index (χ3n) is 6.16. The van der Waals surface area contributed by atoms with Gasteiger partial charge < -0.3 is 15.1 Å². The number of likely N-dealkylation sites (tertiary alicyclic amines) is 1. The molecule has 1 saturated heterocycles. The highest BCUT2D eigenvalue weighted by atomic mass is 16.4. The van der Waals surface area contributed by atoms with Gasteiger partial charge in [0.25, 0.3) is 0 Å². The van der Waals surface area contributed by atoms with E-state index in [0.717, 1.165) is 31.2 Å². The molecule has 0 unspecified atom stereocenters. The normalized spacial score (nSPS) is 27.7. The van der Waals surface area contributed by atoms with E-state index in [1.807, 2.05) is 30.3 Å².